The van der Waals surface area contributed by atoms with Gasteiger partial charge in [-0.25, -0.2) is 9.97 Å². The minimum absolute atomic E-state index is 0. The van der Waals surface area contributed by atoms with Crippen LogP contribution in [0.2, 0.25) is 0 Å². The second-order valence-corrected chi connectivity index (χ2v) is 6.32. The van der Waals surface area contributed by atoms with Gasteiger partial charge in [0.05, 0.1) is 0 Å². The number of pyridine rings is 1. The number of hydrogen-bond acceptors (Lipinski definition) is 3. The highest BCUT2D eigenvalue weighted by molar-refractivity contribution is 14.0. The van der Waals surface area contributed by atoms with E-state index in [9.17, 15) is 0 Å². The summed E-state index contributed by atoms with van der Waals surface area (Å²) in [6.07, 6.45) is 13.6. The second kappa shape index (κ2) is 12.7. The van der Waals surface area contributed by atoms with Crippen LogP contribution in [0, 0.1) is 0 Å². The van der Waals surface area contributed by atoms with Crippen LogP contribution >= 0.6 is 24.0 Å². The molecule has 0 radical (unpaired) electrons. The highest BCUT2D eigenvalue weighted by atomic mass is 127. The van der Waals surface area contributed by atoms with Gasteiger partial charge in [0, 0.05) is 38.2 Å². The van der Waals surface area contributed by atoms with Crippen LogP contribution in [0.1, 0.15) is 51.5 Å². The Hall–Kier alpha value is -1.64. The van der Waals surface area contributed by atoms with Crippen LogP contribution in [-0.4, -0.2) is 33.6 Å². The van der Waals surface area contributed by atoms with E-state index in [1.54, 1.807) is 19.6 Å². The number of guanidine groups is 1. The van der Waals surface area contributed by atoms with E-state index in [0.717, 1.165) is 17.3 Å². The summed E-state index contributed by atoms with van der Waals surface area (Å²) < 4.78 is 1.89. The third-order valence-electron chi connectivity index (χ3n) is 4.14. The lowest BCUT2D eigenvalue weighted by Crippen LogP contribution is -2.41. The van der Waals surface area contributed by atoms with E-state index in [-0.39, 0.29) is 24.0 Å². The fourth-order valence-electron chi connectivity index (χ4n) is 2.63. The summed E-state index contributed by atoms with van der Waals surface area (Å²) in [5.74, 6) is 1.70. The predicted octanol–water partition coefficient (Wildman–Crippen LogP) is 3.91. The van der Waals surface area contributed by atoms with Crippen LogP contribution in [0.4, 0.5) is 0 Å². The molecule has 2 heterocycles. The number of halogens is 1. The van der Waals surface area contributed by atoms with Gasteiger partial charge in [0.15, 0.2) is 5.96 Å². The standard InChI is InChI=1S/C19H30N6.HI/c1-4-5-6-7-8-16(2)24-19(20-3)23-14-17-9-10-18(22-13-17)25-12-11-21-15-25;/h9-13,15-16H,4-8,14H2,1-3H3,(H2,20,23,24);1H. The number of rotatable bonds is 9. The van der Waals surface area contributed by atoms with E-state index in [1.165, 1.54) is 32.1 Å². The molecule has 0 aliphatic rings. The van der Waals surface area contributed by atoms with E-state index >= 15 is 0 Å². The van der Waals surface area contributed by atoms with Crippen LogP contribution < -0.4 is 10.6 Å². The number of hydrogen-bond donors (Lipinski definition) is 2. The van der Waals surface area contributed by atoms with Gasteiger partial charge in [-0.15, -0.1) is 24.0 Å². The Morgan fingerprint density at radius 2 is 2.12 bits per heavy atom. The molecule has 0 spiro atoms. The van der Waals surface area contributed by atoms with Crippen molar-refractivity contribution in [3.63, 3.8) is 0 Å². The first-order valence-electron chi connectivity index (χ1n) is 9.13. The zero-order valence-corrected chi connectivity index (χ0v) is 18.3. The Morgan fingerprint density at radius 3 is 2.73 bits per heavy atom. The number of aromatic nitrogens is 3. The van der Waals surface area contributed by atoms with E-state index in [4.69, 9.17) is 0 Å². The lowest BCUT2D eigenvalue weighted by atomic mass is 10.1. The van der Waals surface area contributed by atoms with Crippen LogP contribution in [0.3, 0.4) is 0 Å². The molecule has 0 fully saturated rings. The van der Waals surface area contributed by atoms with Gasteiger partial charge < -0.3 is 10.6 Å². The molecule has 0 aliphatic carbocycles. The molecule has 2 N–H and O–H groups in total. The molecule has 0 saturated carbocycles. The molecule has 26 heavy (non-hydrogen) atoms. The lowest BCUT2D eigenvalue weighted by molar-refractivity contribution is 0.537. The third-order valence-corrected chi connectivity index (χ3v) is 4.14. The minimum atomic E-state index is 0. The SMILES string of the molecule is CCCCCCC(C)NC(=NC)NCc1ccc(-n2ccnc2)nc1.I. The van der Waals surface area contributed by atoms with Gasteiger partial charge in [-0.05, 0) is 25.0 Å². The summed E-state index contributed by atoms with van der Waals surface area (Å²) in [7, 11) is 1.81. The van der Waals surface area contributed by atoms with Gasteiger partial charge in [-0.2, -0.15) is 0 Å². The zero-order chi connectivity index (χ0) is 17.9. The van der Waals surface area contributed by atoms with Crippen molar-refractivity contribution >= 4 is 29.9 Å². The fourth-order valence-corrected chi connectivity index (χ4v) is 2.63. The van der Waals surface area contributed by atoms with Gasteiger partial charge in [-0.1, -0.05) is 38.7 Å². The first-order chi connectivity index (χ1) is 12.2. The molecule has 2 rings (SSSR count). The molecule has 6 nitrogen and oxygen atoms in total. The van der Waals surface area contributed by atoms with Crippen LogP contribution in [-0.2, 0) is 6.54 Å². The monoisotopic (exact) mass is 470 g/mol. The Bertz CT molecular complexity index is 624. The maximum absolute atomic E-state index is 4.47. The van der Waals surface area contributed by atoms with Crippen molar-refractivity contribution < 1.29 is 0 Å². The van der Waals surface area contributed by atoms with E-state index in [2.05, 4.69) is 45.5 Å². The minimum Gasteiger partial charge on any atom is -0.354 e. The van der Waals surface area contributed by atoms with Crippen LogP contribution in [0.15, 0.2) is 42.0 Å². The number of imidazole rings is 1. The van der Waals surface area contributed by atoms with Gasteiger partial charge >= 0.3 is 0 Å². The van der Waals surface area contributed by atoms with Gasteiger partial charge in [0.25, 0.3) is 0 Å². The largest absolute Gasteiger partial charge is 0.354 e. The summed E-state index contributed by atoms with van der Waals surface area (Å²) in [6.45, 7) is 5.14. The summed E-state index contributed by atoms with van der Waals surface area (Å²) in [4.78, 5) is 12.8. The van der Waals surface area contributed by atoms with Crippen LogP contribution in [0.25, 0.3) is 5.82 Å². The first-order valence-corrected chi connectivity index (χ1v) is 9.13. The average molecular weight is 470 g/mol. The molecule has 0 aromatic carbocycles. The second-order valence-electron chi connectivity index (χ2n) is 6.32. The molecule has 2 aromatic heterocycles. The highest BCUT2D eigenvalue weighted by Crippen LogP contribution is 2.06. The maximum Gasteiger partial charge on any atom is 0.191 e. The molecule has 2 aromatic rings. The summed E-state index contributed by atoms with van der Waals surface area (Å²) in [6, 6.07) is 4.48. The Morgan fingerprint density at radius 1 is 1.27 bits per heavy atom. The van der Waals surface area contributed by atoms with E-state index in [0.29, 0.717) is 12.6 Å². The molecule has 0 aliphatic heterocycles. The van der Waals surface area contributed by atoms with E-state index < -0.39 is 0 Å². The molecule has 0 bridgehead atoms. The van der Waals surface area contributed by atoms with Gasteiger partial charge in [0.1, 0.15) is 12.1 Å². The number of unbranched alkanes of at least 4 members (excludes halogenated alkanes) is 3. The van der Waals surface area contributed by atoms with Crippen molar-refractivity contribution in [2.45, 2.75) is 58.5 Å². The number of nitrogens with one attached hydrogen (secondary N) is 2. The molecular weight excluding hydrogens is 439 g/mol. The van der Waals surface area contributed by atoms with Gasteiger partial charge in [-0.3, -0.25) is 9.56 Å². The van der Waals surface area contributed by atoms with E-state index in [1.807, 2.05) is 23.0 Å². The van der Waals surface area contributed by atoms with Crippen LogP contribution in [0.5, 0.6) is 0 Å². The summed E-state index contributed by atoms with van der Waals surface area (Å²) in [5.41, 5.74) is 1.11. The Kier molecular flexibility index (Phi) is 10.9. The predicted molar refractivity (Wildman–Crippen MR) is 118 cm³/mol. The fraction of sp³-hybridized carbons (Fsp3) is 0.526. The third kappa shape index (κ3) is 7.72. The molecule has 1 atom stereocenters. The van der Waals surface area contributed by atoms with Crippen molar-refractivity contribution in [1.29, 1.82) is 0 Å². The number of aliphatic imine (C=N–C) groups is 1. The summed E-state index contributed by atoms with van der Waals surface area (Å²) in [5, 5.41) is 6.81. The molecular formula is C19H31IN6. The quantitative estimate of drug-likeness (QED) is 0.253. The number of nitrogens with zero attached hydrogens (tertiary/aromatic N) is 4. The van der Waals surface area contributed by atoms with Crippen molar-refractivity contribution in [3.8, 4) is 5.82 Å². The molecule has 0 amide bonds. The smallest absolute Gasteiger partial charge is 0.191 e. The molecule has 1 unspecified atom stereocenters. The topological polar surface area (TPSA) is 67.1 Å². The first kappa shape index (κ1) is 22.4. The Labute approximate surface area is 174 Å². The lowest BCUT2D eigenvalue weighted by Gasteiger charge is -2.18. The van der Waals surface area contributed by atoms with Crippen molar-refractivity contribution in [1.82, 2.24) is 25.2 Å². The van der Waals surface area contributed by atoms with Crippen molar-refractivity contribution in [3.05, 3.63) is 42.6 Å². The molecule has 144 valence electrons. The van der Waals surface area contributed by atoms with Gasteiger partial charge in [0.2, 0.25) is 0 Å². The highest BCUT2D eigenvalue weighted by Gasteiger charge is 2.05. The zero-order valence-electron chi connectivity index (χ0n) is 16.0. The molecule has 7 heteroatoms. The maximum atomic E-state index is 4.47. The normalized spacial score (nSPS) is 12.3. The Balaban J connectivity index is 0.00000338. The average Bonchev–Trinajstić information content (AvgIpc) is 3.17. The molecule has 0 saturated heterocycles. The van der Waals surface area contributed by atoms with Crippen molar-refractivity contribution in [2.75, 3.05) is 7.05 Å². The summed E-state index contributed by atoms with van der Waals surface area (Å²) >= 11 is 0. The van der Waals surface area contributed by atoms with Crippen molar-refractivity contribution in [2.24, 2.45) is 4.99 Å².